The van der Waals surface area contributed by atoms with E-state index in [4.69, 9.17) is 61.3 Å². The van der Waals surface area contributed by atoms with Gasteiger partial charge in [-0.2, -0.15) is 0 Å². The molecule has 0 bridgehead atoms. The lowest BCUT2D eigenvalue weighted by molar-refractivity contribution is -0.113. The zero-order chi connectivity index (χ0) is 31.3. The Hall–Kier alpha value is -0.720. The van der Waals surface area contributed by atoms with E-state index in [1.54, 1.807) is 21.1 Å². The van der Waals surface area contributed by atoms with E-state index in [2.05, 4.69) is 16.0 Å². The molecule has 0 fully saturated rings. The number of aliphatic hydroxyl groups is 15. The molecule has 0 heterocycles. The predicted octanol–water partition coefficient (Wildman–Crippen LogP) is -10.1. The highest BCUT2D eigenvalue weighted by Crippen LogP contribution is 2.05. The largest absolute Gasteiger partial charge is 0.394 e. The Labute approximate surface area is 227 Å². The third-order valence-corrected chi connectivity index (χ3v) is 5.22. The Kier molecular flexibility index (Phi) is 27.4. The minimum absolute atomic E-state index is 0.0936. The zero-order valence-electron chi connectivity index (χ0n) is 22.4. The van der Waals surface area contributed by atoms with Crippen LogP contribution in [-0.2, 0) is 0 Å². The third-order valence-electron chi connectivity index (χ3n) is 5.22. The number of likely N-dealkylation sites (N-methyl/N-ethyl adjacent to an activating group) is 3. The van der Waals surface area contributed by atoms with Gasteiger partial charge in [0.25, 0.3) is 0 Å². The van der Waals surface area contributed by atoms with Crippen LogP contribution in [0.15, 0.2) is 0 Å². The van der Waals surface area contributed by atoms with Crippen LogP contribution < -0.4 is 16.0 Å². The van der Waals surface area contributed by atoms with E-state index in [0.29, 0.717) is 0 Å². The molecular formula is C21H51N3O15. The highest BCUT2D eigenvalue weighted by Gasteiger charge is 2.31. The summed E-state index contributed by atoms with van der Waals surface area (Å²) in [6, 6.07) is 0. The Morgan fingerprint density at radius 2 is 0.487 bits per heavy atom. The quantitative estimate of drug-likeness (QED) is 0.0709. The van der Waals surface area contributed by atoms with Crippen LogP contribution in [0.3, 0.4) is 0 Å². The van der Waals surface area contributed by atoms with Crippen LogP contribution in [-0.4, -0.2) is 210 Å². The molecule has 18 nitrogen and oxygen atoms in total. The molecule has 39 heavy (non-hydrogen) atoms. The van der Waals surface area contributed by atoms with Crippen molar-refractivity contribution in [2.24, 2.45) is 0 Å². The van der Waals surface area contributed by atoms with Crippen molar-refractivity contribution in [3.05, 3.63) is 0 Å². The summed E-state index contributed by atoms with van der Waals surface area (Å²) in [5.74, 6) is 0. The van der Waals surface area contributed by atoms with Crippen LogP contribution in [0.5, 0.6) is 0 Å². The molecule has 0 aliphatic rings. The molecule has 0 saturated carbocycles. The van der Waals surface area contributed by atoms with E-state index in [-0.39, 0.29) is 19.6 Å². The molecule has 0 aromatic heterocycles. The van der Waals surface area contributed by atoms with Crippen molar-refractivity contribution in [3.8, 4) is 0 Å². The molecule has 0 unspecified atom stereocenters. The number of aliphatic hydroxyl groups excluding tert-OH is 15. The highest BCUT2D eigenvalue weighted by atomic mass is 16.4. The van der Waals surface area contributed by atoms with Crippen LogP contribution in [0.1, 0.15) is 0 Å². The number of rotatable bonds is 18. The molecule has 0 aromatic carbocycles. The van der Waals surface area contributed by atoms with Gasteiger partial charge in [0.1, 0.15) is 54.9 Å². The summed E-state index contributed by atoms with van der Waals surface area (Å²) in [5.41, 5.74) is 0. The van der Waals surface area contributed by atoms with Gasteiger partial charge in [0.05, 0.1) is 38.1 Å². The lowest BCUT2D eigenvalue weighted by Crippen LogP contribution is -2.48. The highest BCUT2D eigenvalue weighted by molar-refractivity contribution is 4.82. The van der Waals surface area contributed by atoms with E-state index >= 15 is 0 Å². The van der Waals surface area contributed by atoms with E-state index in [1.165, 1.54) is 0 Å². The maximum atomic E-state index is 9.21. The maximum absolute atomic E-state index is 9.21. The van der Waals surface area contributed by atoms with Crippen LogP contribution in [0.4, 0.5) is 0 Å². The van der Waals surface area contributed by atoms with Gasteiger partial charge in [-0.05, 0) is 21.1 Å². The maximum Gasteiger partial charge on any atom is 0.111 e. The average molecular weight is 586 g/mol. The normalized spacial score (nSPS) is 20.8. The molecule has 0 aliphatic heterocycles. The number of nitrogens with one attached hydrogen (secondary N) is 3. The molecule has 0 aliphatic carbocycles. The van der Waals surface area contributed by atoms with E-state index in [1.807, 2.05) is 0 Å². The van der Waals surface area contributed by atoms with Crippen molar-refractivity contribution < 1.29 is 76.6 Å². The molecule has 0 radical (unpaired) electrons. The number of hydrogen-bond acceptors (Lipinski definition) is 18. The lowest BCUT2D eigenvalue weighted by Gasteiger charge is -2.25. The van der Waals surface area contributed by atoms with E-state index in [0.717, 1.165) is 0 Å². The van der Waals surface area contributed by atoms with Gasteiger partial charge < -0.3 is 92.5 Å². The van der Waals surface area contributed by atoms with E-state index < -0.39 is 93.1 Å². The SMILES string of the molecule is CNC[C@H](O)[C@@H](O)[C@H](O)[C@H](O)CO.CNC[C@H](O)[C@@H](O)[C@H](O)[C@H](O)CO.CNC[C@H](O)[C@@H](O)[C@H](O)[C@H](O)CO. The molecular weight excluding hydrogens is 534 g/mol. The van der Waals surface area contributed by atoms with Crippen molar-refractivity contribution in [2.75, 3.05) is 60.6 Å². The van der Waals surface area contributed by atoms with Crippen molar-refractivity contribution in [3.63, 3.8) is 0 Å². The zero-order valence-corrected chi connectivity index (χ0v) is 22.4. The van der Waals surface area contributed by atoms with Crippen molar-refractivity contribution in [2.45, 2.75) is 73.2 Å². The Balaban J connectivity index is -0.000000498. The van der Waals surface area contributed by atoms with Gasteiger partial charge in [-0.3, -0.25) is 0 Å². The molecule has 0 amide bonds. The average Bonchev–Trinajstić information content (AvgIpc) is 2.94. The summed E-state index contributed by atoms with van der Waals surface area (Å²) >= 11 is 0. The predicted molar refractivity (Wildman–Crippen MR) is 135 cm³/mol. The molecule has 0 aromatic rings. The van der Waals surface area contributed by atoms with Crippen molar-refractivity contribution in [1.82, 2.24) is 16.0 Å². The molecule has 12 atom stereocenters. The summed E-state index contributed by atoms with van der Waals surface area (Å²) in [6.07, 6.45) is -16.9. The molecule has 0 spiro atoms. The fraction of sp³-hybridized carbons (Fsp3) is 1.00. The topological polar surface area (TPSA) is 340 Å². The van der Waals surface area contributed by atoms with Crippen molar-refractivity contribution >= 4 is 0 Å². The molecule has 18 N–H and O–H groups in total. The first kappa shape index (κ1) is 42.7. The Morgan fingerprint density at radius 1 is 0.333 bits per heavy atom. The minimum atomic E-state index is -1.55. The van der Waals surface area contributed by atoms with Crippen LogP contribution in [0.25, 0.3) is 0 Å². The van der Waals surface area contributed by atoms with Gasteiger partial charge in [0, 0.05) is 19.6 Å². The van der Waals surface area contributed by atoms with Crippen LogP contribution in [0, 0.1) is 0 Å². The van der Waals surface area contributed by atoms with E-state index in [9.17, 15) is 15.3 Å². The first-order valence-electron chi connectivity index (χ1n) is 12.1. The second kappa shape index (κ2) is 25.0. The van der Waals surface area contributed by atoms with Gasteiger partial charge in [-0.15, -0.1) is 0 Å². The minimum Gasteiger partial charge on any atom is -0.394 e. The molecule has 0 saturated heterocycles. The Morgan fingerprint density at radius 3 is 0.615 bits per heavy atom. The molecule has 0 rings (SSSR count). The lowest BCUT2D eigenvalue weighted by atomic mass is 10.0. The fourth-order valence-electron chi connectivity index (χ4n) is 2.68. The summed E-state index contributed by atoms with van der Waals surface area (Å²) in [7, 11) is 4.72. The van der Waals surface area contributed by atoms with Gasteiger partial charge in [0.2, 0.25) is 0 Å². The summed E-state index contributed by atoms with van der Waals surface area (Å²) in [4.78, 5) is 0. The van der Waals surface area contributed by atoms with Gasteiger partial charge in [-0.1, -0.05) is 0 Å². The van der Waals surface area contributed by atoms with Gasteiger partial charge >= 0.3 is 0 Å². The molecule has 18 heteroatoms. The monoisotopic (exact) mass is 585 g/mol. The summed E-state index contributed by atoms with van der Waals surface area (Å²) in [6.45, 7) is -1.71. The first-order valence-corrected chi connectivity index (χ1v) is 12.1. The van der Waals surface area contributed by atoms with Gasteiger partial charge in [-0.25, -0.2) is 0 Å². The summed E-state index contributed by atoms with van der Waals surface area (Å²) < 4.78 is 0. The summed E-state index contributed by atoms with van der Waals surface area (Å²) in [5, 5.41) is 142. The smallest absolute Gasteiger partial charge is 0.111 e. The van der Waals surface area contributed by atoms with Crippen molar-refractivity contribution in [1.29, 1.82) is 0 Å². The second-order valence-electron chi connectivity index (χ2n) is 8.57. The fourth-order valence-corrected chi connectivity index (χ4v) is 2.68. The van der Waals surface area contributed by atoms with Crippen LogP contribution >= 0.6 is 0 Å². The van der Waals surface area contributed by atoms with Crippen LogP contribution in [0.2, 0.25) is 0 Å². The second-order valence-corrected chi connectivity index (χ2v) is 8.57. The third kappa shape index (κ3) is 18.4. The first-order chi connectivity index (χ1) is 18.1. The van der Waals surface area contributed by atoms with Gasteiger partial charge in [0.15, 0.2) is 0 Å². The standard InChI is InChI=1S/3C7H17NO5/c3*1-8-2-4(10)6(12)7(13)5(11)3-9/h3*4-13H,2-3H2,1H3/t3*4-,5+,6+,7+/m000/s1. The number of hydrogen-bond donors (Lipinski definition) is 18. The Bertz CT molecular complexity index is 473. The molecule has 240 valence electrons.